The lowest BCUT2D eigenvalue weighted by Gasteiger charge is -2.08. The van der Waals surface area contributed by atoms with E-state index in [1.807, 2.05) is 0 Å². The summed E-state index contributed by atoms with van der Waals surface area (Å²) in [5.41, 5.74) is 0.600. The first-order valence-electron chi connectivity index (χ1n) is 4.17. The number of methoxy groups -OCH3 is 1. The maximum atomic E-state index is 11.3. The van der Waals surface area contributed by atoms with E-state index in [0.717, 1.165) is 6.26 Å². The maximum Gasteiger partial charge on any atom is 0.175 e. The van der Waals surface area contributed by atoms with Gasteiger partial charge in [0.25, 0.3) is 0 Å². The monoisotopic (exact) mass is 231 g/mol. The maximum absolute atomic E-state index is 11.3. The van der Waals surface area contributed by atoms with Crippen LogP contribution in [0.2, 0.25) is 0 Å². The van der Waals surface area contributed by atoms with E-state index in [1.165, 1.54) is 19.2 Å². The molecule has 1 aromatic rings. The molecule has 0 aliphatic rings. The summed E-state index contributed by atoms with van der Waals surface area (Å²) < 4.78 is 27.6. The molecule has 0 atom stereocenters. The van der Waals surface area contributed by atoms with Crippen LogP contribution in [0.15, 0.2) is 23.1 Å². The normalized spacial score (nSPS) is 11.4. The lowest BCUT2D eigenvalue weighted by Crippen LogP contribution is -2.04. The highest BCUT2D eigenvalue weighted by Crippen LogP contribution is 2.22. The van der Waals surface area contributed by atoms with Crippen molar-refractivity contribution < 1.29 is 18.0 Å². The molecule has 15 heavy (non-hydrogen) atoms. The molecule has 0 unspecified atom stereocenters. The highest BCUT2D eigenvalue weighted by Gasteiger charge is 2.11. The zero-order valence-electron chi connectivity index (χ0n) is 8.56. The third kappa shape index (κ3) is 2.92. The summed E-state index contributed by atoms with van der Waals surface area (Å²) >= 11 is 0. The van der Waals surface area contributed by atoms with Crippen LogP contribution in [-0.2, 0) is 21.3 Å². The van der Waals surface area contributed by atoms with Gasteiger partial charge in [-0.05, 0) is 18.2 Å². The summed E-state index contributed by atoms with van der Waals surface area (Å²) in [6.45, 7) is 0.104. The Balaban J connectivity index is 3.22. The van der Waals surface area contributed by atoms with Gasteiger partial charge in [-0.15, -0.1) is 0 Å². The van der Waals surface area contributed by atoms with E-state index in [4.69, 9.17) is 10.6 Å². The topological polar surface area (TPSA) is 78.6 Å². The Kier molecular flexibility index (Phi) is 3.67. The van der Waals surface area contributed by atoms with E-state index < -0.39 is 9.84 Å². The molecule has 84 valence electrons. The highest BCUT2D eigenvalue weighted by molar-refractivity contribution is 7.90. The molecule has 1 aromatic carbocycles. The Bertz CT molecular complexity index is 441. The van der Waals surface area contributed by atoms with Crippen LogP contribution in [0.4, 0.5) is 0 Å². The average molecular weight is 231 g/mol. The van der Waals surface area contributed by atoms with Crippen molar-refractivity contribution in [3.8, 4) is 5.75 Å². The highest BCUT2D eigenvalue weighted by atomic mass is 32.2. The van der Waals surface area contributed by atoms with Gasteiger partial charge >= 0.3 is 0 Å². The van der Waals surface area contributed by atoms with Crippen LogP contribution in [0.3, 0.4) is 0 Å². The van der Waals surface area contributed by atoms with Gasteiger partial charge in [-0.3, -0.25) is 4.84 Å². The molecule has 0 spiro atoms. The number of hydrogen-bond acceptors (Lipinski definition) is 5. The first-order chi connectivity index (χ1) is 6.99. The smallest absolute Gasteiger partial charge is 0.175 e. The lowest BCUT2D eigenvalue weighted by atomic mass is 10.2. The summed E-state index contributed by atoms with van der Waals surface area (Å²) in [4.78, 5) is 4.68. The van der Waals surface area contributed by atoms with Crippen LogP contribution in [0.5, 0.6) is 5.75 Å². The van der Waals surface area contributed by atoms with E-state index in [0.29, 0.717) is 11.3 Å². The molecule has 0 heterocycles. The van der Waals surface area contributed by atoms with Gasteiger partial charge < -0.3 is 4.74 Å². The zero-order chi connectivity index (χ0) is 11.5. The molecule has 0 radical (unpaired) electrons. The van der Waals surface area contributed by atoms with Crippen molar-refractivity contribution in [3.05, 3.63) is 23.8 Å². The molecule has 0 saturated carbocycles. The SMILES string of the molecule is COc1ccc(S(C)(=O)=O)cc1CON. The number of ether oxygens (including phenoxy) is 1. The number of sulfone groups is 1. The Labute approximate surface area is 88.7 Å². The fraction of sp³-hybridized carbons (Fsp3) is 0.333. The van der Waals surface area contributed by atoms with Crippen LogP contribution in [-0.4, -0.2) is 21.8 Å². The molecule has 0 saturated heterocycles. The first kappa shape index (κ1) is 12.0. The standard InChI is InChI=1S/C9H13NO4S/c1-13-9-4-3-8(15(2,11)12)5-7(9)6-14-10/h3-5H,6,10H2,1-2H3. The van der Waals surface area contributed by atoms with Crippen LogP contribution < -0.4 is 10.6 Å². The molecular formula is C9H13NO4S. The van der Waals surface area contributed by atoms with Gasteiger partial charge in [0.2, 0.25) is 0 Å². The minimum atomic E-state index is -3.22. The van der Waals surface area contributed by atoms with E-state index >= 15 is 0 Å². The van der Waals surface area contributed by atoms with Gasteiger partial charge in [-0.1, -0.05) is 0 Å². The van der Waals surface area contributed by atoms with Crippen LogP contribution in [0.25, 0.3) is 0 Å². The van der Waals surface area contributed by atoms with E-state index in [9.17, 15) is 8.42 Å². The fourth-order valence-electron chi connectivity index (χ4n) is 1.19. The number of hydrogen-bond donors (Lipinski definition) is 1. The molecular weight excluding hydrogens is 218 g/mol. The summed E-state index contributed by atoms with van der Waals surface area (Å²) in [7, 11) is -1.73. The van der Waals surface area contributed by atoms with Crippen molar-refractivity contribution in [2.75, 3.05) is 13.4 Å². The van der Waals surface area contributed by atoms with Crippen molar-refractivity contribution in [3.63, 3.8) is 0 Å². The molecule has 2 N–H and O–H groups in total. The number of benzene rings is 1. The van der Waals surface area contributed by atoms with Crippen LogP contribution in [0.1, 0.15) is 5.56 Å². The third-order valence-corrected chi connectivity index (χ3v) is 3.03. The van der Waals surface area contributed by atoms with Gasteiger partial charge in [-0.2, -0.15) is 0 Å². The van der Waals surface area contributed by atoms with E-state index in [2.05, 4.69) is 4.84 Å². The Morgan fingerprint density at radius 2 is 2.07 bits per heavy atom. The molecule has 6 heteroatoms. The van der Waals surface area contributed by atoms with E-state index in [-0.39, 0.29) is 11.5 Å². The predicted molar refractivity (Wildman–Crippen MR) is 55.1 cm³/mol. The Hall–Kier alpha value is -1.11. The molecule has 1 rings (SSSR count). The third-order valence-electron chi connectivity index (χ3n) is 1.92. The van der Waals surface area contributed by atoms with Gasteiger partial charge in [0.05, 0.1) is 18.6 Å². The van der Waals surface area contributed by atoms with Crippen molar-refractivity contribution in [2.45, 2.75) is 11.5 Å². The van der Waals surface area contributed by atoms with Gasteiger partial charge in [0.15, 0.2) is 9.84 Å². The molecule has 5 nitrogen and oxygen atoms in total. The minimum Gasteiger partial charge on any atom is -0.496 e. The van der Waals surface area contributed by atoms with Gasteiger partial charge in [0.1, 0.15) is 5.75 Å². The molecule has 0 aromatic heterocycles. The largest absolute Gasteiger partial charge is 0.496 e. The minimum absolute atomic E-state index is 0.104. The first-order valence-corrected chi connectivity index (χ1v) is 6.07. The molecule has 0 amide bonds. The Morgan fingerprint density at radius 1 is 1.40 bits per heavy atom. The molecule has 0 fully saturated rings. The fourth-order valence-corrected chi connectivity index (χ4v) is 1.86. The van der Waals surface area contributed by atoms with Crippen molar-refractivity contribution in [2.24, 2.45) is 5.90 Å². The average Bonchev–Trinajstić information content (AvgIpc) is 2.17. The summed E-state index contributed by atoms with van der Waals surface area (Å²) in [5.74, 6) is 5.49. The van der Waals surface area contributed by atoms with Gasteiger partial charge in [-0.25, -0.2) is 14.3 Å². The van der Waals surface area contributed by atoms with Crippen LogP contribution >= 0.6 is 0 Å². The van der Waals surface area contributed by atoms with Crippen LogP contribution in [0, 0.1) is 0 Å². The summed E-state index contributed by atoms with van der Waals surface area (Å²) in [6.07, 6.45) is 1.14. The second kappa shape index (κ2) is 4.61. The number of rotatable bonds is 4. The van der Waals surface area contributed by atoms with Crippen molar-refractivity contribution >= 4 is 9.84 Å². The predicted octanol–water partition coefficient (Wildman–Crippen LogP) is 0.489. The van der Waals surface area contributed by atoms with Crippen molar-refractivity contribution in [1.82, 2.24) is 0 Å². The second-order valence-electron chi connectivity index (χ2n) is 3.06. The second-order valence-corrected chi connectivity index (χ2v) is 5.07. The van der Waals surface area contributed by atoms with Crippen molar-refractivity contribution in [1.29, 1.82) is 0 Å². The quantitative estimate of drug-likeness (QED) is 0.763. The zero-order valence-corrected chi connectivity index (χ0v) is 9.37. The lowest BCUT2D eigenvalue weighted by molar-refractivity contribution is 0.122. The summed E-state index contributed by atoms with van der Waals surface area (Å²) in [5, 5.41) is 0. The molecule has 0 aliphatic heterocycles. The van der Waals surface area contributed by atoms with E-state index in [1.54, 1.807) is 6.07 Å². The number of nitrogens with two attached hydrogens (primary N) is 1. The van der Waals surface area contributed by atoms with Gasteiger partial charge in [0, 0.05) is 11.8 Å². The molecule has 0 bridgehead atoms. The Morgan fingerprint density at radius 3 is 2.53 bits per heavy atom. The summed E-state index contributed by atoms with van der Waals surface area (Å²) in [6, 6.07) is 4.54. The molecule has 0 aliphatic carbocycles.